The van der Waals surface area contributed by atoms with E-state index in [0.29, 0.717) is 0 Å². The summed E-state index contributed by atoms with van der Waals surface area (Å²) in [6.07, 6.45) is 0.937. The van der Waals surface area contributed by atoms with Crippen molar-refractivity contribution in [3.63, 3.8) is 0 Å². The molecule has 2 rings (SSSR count). The summed E-state index contributed by atoms with van der Waals surface area (Å²) in [5.41, 5.74) is 1.98. The highest BCUT2D eigenvalue weighted by Crippen LogP contribution is 2.32. The van der Waals surface area contributed by atoms with Crippen molar-refractivity contribution in [2.24, 2.45) is 0 Å². The Hall–Kier alpha value is -1.25. The van der Waals surface area contributed by atoms with Crippen LogP contribution in [-0.4, -0.2) is 5.78 Å². The van der Waals surface area contributed by atoms with E-state index >= 15 is 0 Å². The van der Waals surface area contributed by atoms with Crippen LogP contribution in [0.5, 0.6) is 0 Å². The molecule has 0 radical (unpaired) electrons. The lowest BCUT2D eigenvalue weighted by Gasteiger charge is -2.08. The number of ketones is 1. The van der Waals surface area contributed by atoms with Crippen LogP contribution < -0.4 is 0 Å². The average molecular weight is 291 g/mol. The summed E-state index contributed by atoms with van der Waals surface area (Å²) in [7, 11) is 0. The molecule has 2 aromatic rings. The Balaban J connectivity index is 2.33. The highest BCUT2D eigenvalue weighted by molar-refractivity contribution is 7.99. The lowest BCUT2D eigenvalue weighted by Crippen LogP contribution is -1.97. The van der Waals surface area contributed by atoms with E-state index in [4.69, 9.17) is 11.6 Å². The molecule has 0 aliphatic carbocycles. The molecule has 3 heteroatoms. The molecule has 0 saturated carbocycles. The SMILES string of the molecule is CCc1ccc(Sc2ccc(Cl)cc2)c(C(C)=O)c1. The second kappa shape index (κ2) is 6.27. The third-order valence-corrected chi connectivity index (χ3v) is 4.21. The Bertz CT molecular complexity index is 590. The third kappa shape index (κ3) is 3.62. The van der Waals surface area contributed by atoms with Gasteiger partial charge in [0.2, 0.25) is 0 Å². The minimum atomic E-state index is 0.103. The molecule has 0 heterocycles. The van der Waals surface area contributed by atoms with Crippen LogP contribution in [-0.2, 0) is 6.42 Å². The van der Waals surface area contributed by atoms with Gasteiger partial charge in [0.25, 0.3) is 0 Å². The predicted octanol–water partition coefficient (Wildman–Crippen LogP) is 5.26. The van der Waals surface area contributed by atoms with E-state index in [0.717, 1.165) is 26.8 Å². The summed E-state index contributed by atoms with van der Waals surface area (Å²) < 4.78 is 0. The molecular weight excluding hydrogens is 276 g/mol. The van der Waals surface area contributed by atoms with Crippen molar-refractivity contribution in [1.29, 1.82) is 0 Å². The minimum absolute atomic E-state index is 0.103. The van der Waals surface area contributed by atoms with E-state index in [1.165, 1.54) is 5.56 Å². The van der Waals surface area contributed by atoms with Crippen LogP contribution in [0.15, 0.2) is 52.3 Å². The summed E-state index contributed by atoms with van der Waals surface area (Å²) in [4.78, 5) is 13.8. The number of hydrogen-bond donors (Lipinski definition) is 0. The molecule has 0 saturated heterocycles. The molecular formula is C16H15ClOS. The van der Waals surface area contributed by atoms with E-state index in [1.807, 2.05) is 36.4 Å². The van der Waals surface area contributed by atoms with E-state index in [-0.39, 0.29) is 5.78 Å². The lowest BCUT2D eigenvalue weighted by atomic mass is 10.1. The van der Waals surface area contributed by atoms with Crippen molar-refractivity contribution in [3.05, 3.63) is 58.6 Å². The van der Waals surface area contributed by atoms with Gasteiger partial charge in [0.15, 0.2) is 5.78 Å². The maximum atomic E-state index is 11.7. The van der Waals surface area contributed by atoms with Gasteiger partial charge >= 0.3 is 0 Å². The fourth-order valence-electron chi connectivity index (χ4n) is 1.79. The number of halogens is 1. The lowest BCUT2D eigenvalue weighted by molar-refractivity contribution is 0.101. The van der Waals surface area contributed by atoms with Crippen LogP contribution in [0, 0.1) is 0 Å². The molecule has 0 aliphatic heterocycles. The van der Waals surface area contributed by atoms with Gasteiger partial charge in [-0.15, -0.1) is 0 Å². The van der Waals surface area contributed by atoms with Crippen molar-refractivity contribution in [1.82, 2.24) is 0 Å². The molecule has 0 unspecified atom stereocenters. The van der Waals surface area contributed by atoms with Crippen LogP contribution in [0.4, 0.5) is 0 Å². The van der Waals surface area contributed by atoms with E-state index in [2.05, 4.69) is 13.0 Å². The van der Waals surface area contributed by atoms with Crippen LogP contribution in [0.3, 0.4) is 0 Å². The molecule has 19 heavy (non-hydrogen) atoms. The zero-order valence-electron chi connectivity index (χ0n) is 10.9. The van der Waals surface area contributed by atoms with Crippen molar-refractivity contribution in [2.45, 2.75) is 30.1 Å². The normalized spacial score (nSPS) is 10.5. The van der Waals surface area contributed by atoms with Gasteiger partial charge < -0.3 is 0 Å². The minimum Gasteiger partial charge on any atom is -0.294 e. The fourth-order valence-corrected chi connectivity index (χ4v) is 2.89. The molecule has 1 nitrogen and oxygen atoms in total. The molecule has 0 atom stereocenters. The zero-order chi connectivity index (χ0) is 13.8. The number of rotatable bonds is 4. The van der Waals surface area contributed by atoms with Crippen LogP contribution >= 0.6 is 23.4 Å². The first kappa shape index (κ1) is 14.2. The topological polar surface area (TPSA) is 17.1 Å². The van der Waals surface area contributed by atoms with Crippen molar-refractivity contribution in [2.75, 3.05) is 0 Å². The number of Topliss-reactive ketones (excluding diaryl/α,β-unsaturated/α-hetero) is 1. The van der Waals surface area contributed by atoms with Crippen LogP contribution in [0.2, 0.25) is 5.02 Å². The number of carbonyl (C=O) groups is 1. The number of carbonyl (C=O) groups excluding carboxylic acids is 1. The Labute approximate surface area is 123 Å². The zero-order valence-corrected chi connectivity index (χ0v) is 12.5. The Morgan fingerprint density at radius 1 is 1.16 bits per heavy atom. The summed E-state index contributed by atoms with van der Waals surface area (Å²) in [6, 6.07) is 13.7. The van der Waals surface area contributed by atoms with Crippen molar-refractivity contribution < 1.29 is 4.79 Å². The largest absolute Gasteiger partial charge is 0.294 e. The number of aryl methyl sites for hydroxylation is 1. The predicted molar refractivity (Wildman–Crippen MR) is 81.4 cm³/mol. The molecule has 98 valence electrons. The van der Waals surface area contributed by atoms with Crippen LogP contribution in [0.25, 0.3) is 0 Å². The molecule has 0 fully saturated rings. The van der Waals surface area contributed by atoms with Gasteiger partial charge in [-0.25, -0.2) is 0 Å². The van der Waals surface area contributed by atoms with Gasteiger partial charge in [0, 0.05) is 20.4 Å². The number of hydrogen-bond acceptors (Lipinski definition) is 2. The molecule has 0 aliphatic rings. The fraction of sp³-hybridized carbons (Fsp3) is 0.188. The molecule has 0 aromatic heterocycles. The Kier molecular flexibility index (Phi) is 4.67. The first-order valence-electron chi connectivity index (χ1n) is 6.17. The molecule has 0 bridgehead atoms. The molecule has 0 N–H and O–H groups in total. The van der Waals surface area contributed by atoms with E-state index in [1.54, 1.807) is 18.7 Å². The van der Waals surface area contributed by atoms with Crippen molar-refractivity contribution in [3.8, 4) is 0 Å². The summed E-state index contributed by atoms with van der Waals surface area (Å²) in [5, 5.41) is 0.720. The maximum Gasteiger partial charge on any atom is 0.160 e. The molecule has 2 aromatic carbocycles. The monoisotopic (exact) mass is 290 g/mol. The van der Waals surface area contributed by atoms with Gasteiger partial charge in [0.1, 0.15) is 0 Å². The third-order valence-electron chi connectivity index (χ3n) is 2.87. The number of benzene rings is 2. The van der Waals surface area contributed by atoms with E-state index < -0.39 is 0 Å². The van der Waals surface area contributed by atoms with Gasteiger partial charge in [0.05, 0.1) is 0 Å². The Morgan fingerprint density at radius 2 is 1.84 bits per heavy atom. The average Bonchev–Trinajstić information content (AvgIpc) is 2.41. The smallest absolute Gasteiger partial charge is 0.160 e. The van der Waals surface area contributed by atoms with Gasteiger partial charge in [-0.2, -0.15) is 0 Å². The second-order valence-electron chi connectivity index (χ2n) is 4.30. The van der Waals surface area contributed by atoms with Crippen molar-refractivity contribution >= 4 is 29.1 Å². The molecule has 0 amide bonds. The summed E-state index contributed by atoms with van der Waals surface area (Å²) in [6.45, 7) is 3.70. The summed E-state index contributed by atoms with van der Waals surface area (Å²) >= 11 is 7.46. The highest BCUT2D eigenvalue weighted by Gasteiger charge is 2.09. The van der Waals surface area contributed by atoms with Gasteiger partial charge in [-0.3, -0.25) is 4.79 Å². The highest BCUT2D eigenvalue weighted by atomic mass is 35.5. The summed E-state index contributed by atoms with van der Waals surface area (Å²) in [5.74, 6) is 0.103. The second-order valence-corrected chi connectivity index (χ2v) is 5.85. The first-order chi connectivity index (χ1) is 9.10. The maximum absolute atomic E-state index is 11.7. The van der Waals surface area contributed by atoms with E-state index in [9.17, 15) is 4.79 Å². The molecule has 0 spiro atoms. The standard InChI is InChI=1S/C16H15ClOS/c1-3-12-4-9-16(15(10-12)11(2)18)19-14-7-5-13(17)6-8-14/h4-10H,3H2,1-2H3. The quantitative estimate of drug-likeness (QED) is 0.715. The Morgan fingerprint density at radius 3 is 2.42 bits per heavy atom. The van der Waals surface area contributed by atoms with Gasteiger partial charge in [-0.1, -0.05) is 36.4 Å². The van der Waals surface area contributed by atoms with Gasteiger partial charge in [-0.05, 0) is 55.3 Å². The first-order valence-corrected chi connectivity index (χ1v) is 7.37. The van der Waals surface area contributed by atoms with Crippen LogP contribution in [0.1, 0.15) is 29.8 Å².